The number of ether oxygens (including phenoxy) is 1. The van der Waals surface area contributed by atoms with Crippen molar-refractivity contribution in [2.45, 2.75) is 45.9 Å². The Morgan fingerprint density at radius 3 is 2.70 bits per heavy atom. The summed E-state index contributed by atoms with van der Waals surface area (Å²) in [5, 5.41) is 3.37. The highest BCUT2D eigenvalue weighted by molar-refractivity contribution is 7.99. The van der Waals surface area contributed by atoms with Crippen molar-refractivity contribution >= 4 is 45.2 Å². The van der Waals surface area contributed by atoms with Crippen LogP contribution < -0.4 is 10.9 Å². The predicted octanol–water partition coefficient (Wildman–Crippen LogP) is 2.54. The largest absolute Gasteiger partial charge is 0.467 e. The first-order valence-corrected chi connectivity index (χ1v) is 10.7. The molecule has 0 spiro atoms. The fraction of sp³-hybridized carbons (Fsp3) is 0.556. The number of rotatable bonds is 8. The zero-order valence-electron chi connectivity index (χ0n) is 16.2. The molecule has 0 saturated carbocycles. The number of aromatic nitrogens is 2. The second-order valence-corrected chi connectivity index (χ2v) is 8.61. The summed E-state index contributed by atoms with van der Waals surface area (Å²) in [7, 11) is 1.31. The summed E-state index contributed by atoms with van der Waals surface area (Å²) in [5.74, 6) is 0.397. The second kappa shape index (κ2) is 9.36. The maximum absolute atomic E-state index is 12.3. The van der Waals surface area contributed by atoms with Gasteiger partial charge in [-0.1, -0.05) is 20.3 Å². The van der Waals surface area contributed by atoms with Gasteiger partial charge in [-0.15, -0.1) is 23.1 Å². The van der Waals surface area contributed by atoms with Crippen molar-refractivity contribution in [3.63, 3.8) is 0 Å². The van der Waals surface area contributed by atoms with Crippen molar-refractivity contribution in [3.8, 4) is 0 Å². The summed E-state index contributed by atoms with van der Waals surface area (Å²) in [6.07, 6.45) is 0.748. The highest BCUT2D eigenvalue weighted by Crippen LogP contribution is 2.26. The van der Waals surface area contributed by atoms with Crippen LogP contribution in [0.4, 0.5) is 0 Å². The number of aryl methyl sites for hydroxylation is 2. The number of nitrogens with one attached hydrogen (secondary N) is 2. The number of hydrogen-bond donors (Lipinski definition) is 2. The number of aromatic amines is 1. The molecular formula is C18H25N3O4S2. The van der Waals surface area contributed by atoms with Gasteiger partial charge in [0.05, 0.1) is 24.0 Å². The third kappa shape index (κ3) is 5.10. The summed E-state index contributed by atoms with van der Waals surface area (Å²) >= 11 is 2.83. The van der Waals surface area contributed by atoms with Crippen LogP contribution >= 0.6 is 23.1 Å². The molecule has 0 bridgehead atoms. The van der Waals surface area contributed by atoms with Crippen LogP contribution in [0.3, 0.4) is 0 Å². The summed E-state index contributed by atoms with van der Waals surface area (Å²) in [6, 6.07) is -0.653. The van der Waals surface area contributed by atoms with Gasteiger partial charge in [-0.3, -0.25) is 9.59 Å². The number of fused-ring (bicyclic) bond motifs is 1. The van der Waals surface area contributed by atoms with Crippen LogP contribution in [0, 0.1) is 19.8 Å². The third-order valence-electron chi connectivity index (χ3n) is 4.54. The average molecular weight is 412 g/mol. The molecule has 0 aromatic carbocycles. The smallest absolute Gasteiger partial charge is 0.328 e. The number of H-pyrrole nitrogens is 1. The van der Waals surface area contributed by atoms with E-state index in [1.807, 2.05) is 27.7 Å². The van der Waals surface area contributed by atoms with E-state index in [1.54, 1.807) is 0 Å². The highest BCUT2D eigenvalue weighted by Gasteiger charge is 2.26. The zero-order chi connectivity index (χ0) is 20.1. The maximum atomic E-state index is 12.3. The van der Waals surface area contributed by atoms with Crippen LogP contribution in [0.5, 0.6) is 0 Å². The fourth-order valence-electron chi connectivity index (χ4n) is 2.62. The molecule has 0 aliphatic rings. The summed E-state index contributed by atoms with van der Waals surface area (Å²) in [5.41, 5.74) is 0.811. The fourth-order valence-corrected chi connectivity index (χ4v) is 4.37. The minimum Gasteiger partial charge on any atom is -0.467 e. The van der Waals surface area contributed by atoms with Gasteiger partial charge in [0.25, 0.3) is 5.56 Å². The van der Waals surface area contributed by atoms with E-state index in [0.29, 0.717) is 17.0 Å². The Kier molecular flexibility index (Phi) is 7.43. The van der Waals surface area contributed by atoms with Gasteiger partial charge in [0.1, 0.15) is 16.7 Å². The minimum absolute atomic E-state index is 0.0165. The molecule has 2 rings (SSSR count). The van der Waals surface area contributed by atoms with Gasteiger partial charge in [0, 0.05) is 4.88 Å². The molecule has 2 aromatic rings. The lowest BCUT2D eigenvalue weighted by Crippen LogP contribution is -2.46. The number of nitrogens with zero attached hydrogens (tertiary/aromatic N) is 1. The number of methoxy groups -OCH3 is 1. The first-order valence-electron chi connectivity index (χ1n) is 8.72. The number of esters is 1. The van der Waals surface area contributed by atoms with Crippen molar-refractivity contribution in [2.75, 3.05) is 12.9 Å². The Hall–Kier alpha value is -1.87. The van der Waals surface area contributed by atoms with Gasteiger partial charge >= 0.3 is 5.97 Å². The van der Waals surface area contributed by atoms with E-state index in [9.17, 15) is 14.4 Å². The molecule has 0 fully saturated rings. The molecule has 0 aliphatic carbocycles. The number of carbonyl (C=O) groups excluding carboxylic acids is 2. The third-order valence-corrected chi connectivity index (χ3v) is 6.59. The van der Waals surface area contributed by atoms with E-state index in [2.05, 4.69) is 15.3 Å². The molecule has 2 heterocycles. The van der Waals surface area contributed by atoms with Gasteiger partial charge in [-0.2, -0.15) is 0 Å². The van der Waals surface area contributed by atoms with Gasteiger partial charge in [0.2, 0.25) is 5.91 Å². The first-order chi connectivity index (χ1) is 12.8. The van der Waals surface area contributed by atoms with Crippen molar-refractivity contribution in [3.05, 3.63) is 26.6 Å². The van der Waals surface area contributed by atoms with E-state index in [0.717, 1.165) is 21.7 Å². The lowest BCUT2D eigenvalue weighted by Gasteiger charge is -2.21. The van der Waals surface area contributed by atoms with Crippen LogP contribution in [-0.4, -0.2) is 40.7 Å². The van der Waals surface area contributed by atoms with Crippen LogP contribution in [0.2, 0.25) is 0 Å². The topological polar surface area (TPSA) is 101 Å². The quantitative estimate of drug-likeness (QED) is 0.648. The van der Waals surface area contributed by atoms with Crippen LogP contribution in [0.15, 0.2) is 4.79 Å². The molecule has 0 saturated heterocycles. The number of thioether (sulfide) groups is 1. The Labute approximate surface area is 166 Å². The molecule has 0 aliphatic heterocycles. The van der Waals surface area contributed by atoms with Crippen molar-refractivity contribution < 1.29 is 14.3 Å². The molecule has 148 valence electrons. The number of hydrogen-bond acceptors (Lipinski definition) is 7. The standard InChI is InChI=1S/C18H25N3O4S2/c1-6-9(2)15(18(24)25-5)21-13(22)8-26-7-12-19-16(23)14-10(3)11(4)27-17(14)20-12/h9,15H,6-8H2,1-5H3,(H,21,22)(H,19,20,23)/t9-,15-/m0/s1. The van der Waals surface area contributed by atoms with Crippen LogP contribution in [0.25, 0.3) is 10.2 Å². The highest BCUT2D eigenvalue weighted by atomic mass is 32.2. The Morgan fingerprint density at radius 2 is 2.07 bits per heavy atom. The lowest BCUT2D eigenvalue weighted by atomic mass is 9.99. The van der Waals surface area contributed by atoms with Crippen molar-refractivity contribution in [1.82, 2.24) is 15.3 Å². The van der Waals surface area contributed by atoms with E-state index >= 15 is 0 Å². The van der Waals surface area contributed by atoms with Gasteiger partial charge in [-0.05, 0) is 25.3 Å². The molecule has 2 aromatic heterocycles. The summed E-state index contributed by atoms with van der Waals surface area (Å²) < 4.78 is 4.77. The van der Waals surface area contributed by atoms with Gasteiger partial charge in [-0.25, -0.2) is 9.78 Å². The molecule has 0 radical (unpaired) electrons. The summed E-state index contributed by atoms with van der Waals surface area (Å²) in [4.78, 5) is 45.4. The van der Waals surface area contributed by atoms with Gasteiger partial charge < -0.3 is 15.0 Å². The Morgan fingerprint density at radius 1 is 1.37 bits per heavy atom. The van der Waals surface area contributed by atoms with Crippen molar-refractivity contribution in [2.24, 2.45) is 5.92 Å². The SMILES string of the molecule is CC[C@H](C)[C@H](NC(=O)CSCc1nc2sc(C)c(C)c2c(=O)[nH]1)C(=O)OC. The molecule has 2 atom stereocenters. The first kappa shape index (κ1) is 21.4. The molecule has 2 N–H and O–H groups in total. The van der Waals surface area contributed by atoms with Crippen LogP contribution in [0.1, 0.15) is 36.5 Å². The minimum atomic E-state index is -0.653. The molecule has 1 amide bonds. The van der Waals surface area contributed by atoms with E-state index in [1.165, 1.54) is 30.2 Å². The lowest BCUT2D eigenvalue weighted by molar-refractivity contribution is -0.146. The summed E-state index contributed by atoms with van der Waals surface area (Å²) in [6.45, 7) is 7.73. The van der Waals surface area contributed by atoms with Crippen LogP contribution in [-0.2, 0) is 20.1 Å². The zero-order valence-corrected chi connectivity index (χ0v) is 17.8. The monoisotopic (exact) mass is 411 g/mol. The number of amides is 1. The second-order valence-electron chi connectivity index (χ2n) is 6.42. The number of thiophene rings is 1. The molecule has 9 heteroatoms. The van der Waals surface area contributed by atoms with Gasteiger partial charge in [0.15, 0.2) is 0 Å². The number of carbonyl (C=O) groups is 2. The van der Waals surface area contributed by atoms with E-state index in [-0.39, 0.29) is 23.1 Å². The Balaban J connectivity index is 1.97. The normalized spacial score (nSPS) is 13.4. The molecule has 27 heavy (non-hydrogen) atoms. The molecule has 0 unspecified atom stereocenters. The molecule has 7 nitrogen and oxygen atoms in total. The average Bonchev–Trinajstić information content (AvgIpc) is 2.92. The predicted molar refractivity (Wildman–Crippen MR) is 109 cm³/mol. The van der Waals surface area contributed by atoms with Crippen molar-refractivity contribution in [1.29, 1.82) is 0 Å². The Bertz CT molecular complexity index is 891. The van der Waals surface area contributed by atoms with E-state index in [4.69, 9.17) is 4.74 Å². The molecular weight excluding hydrogens is 386 g/mol. The van der Waals surface area contributed by atoms with E-state index < -0.39 is 12.0 Å². The maximum Gasteiger partial charge on any atom is 0.328 e.